The zero-order chi connectivity index (χ0) is 15.4. The Morgan fingerprint density at radius 1 is 0.591 bits per heavy atom. The summed E-state index contributed by atoms with van der Waals surface area (Å²) in [5, 5.41) is 0. The standard InChI is InChI=1S/C16H30B2O4/c1-3-17-19-13-9-5-7-11-15(13)21-18(4-2)22-16-12-8-6-10-14(16)20-17/h13-16H,3-12H2,1-2H3. The van der Waals surface area contributed by atoms with Crippen molar-refractivity contribution in [3.05, 3.63) is 0 Å². The van der Waals surface area contributed by atoms with Gasteiger partial charge in [0.1, 0.15) is 0 Å². The molecule has 0 N–H and O–H groups in total. The molecule has 0 radical (unpaired) electrons. The van der Waals surface area contributed by atoms with Crippen molar-refractivity contribution < 1.29 is 18.6 Å². The van der Waals surface area contributed by atoms with Crippen molar-refractivity contribution in [2.45, 2.75) is 102 Å². The van der Waals surface area contributed by atoms with E-state index in [-0.39, 0.29) is 38.7 Å². The van der Waals surface area contributed by atoms with Crippen LogP contribution in [0.25, 0.3) is 0 Å². The molecule has 3 fully saturated rings. The molecule has 3 rings (SSSR count). The summed E-state index contributed by atoms with van der Waals surface area (Å²) in [6, 6.07) is 0. The largest absolute Gasteiger partial charge is 0.457 e. The van der Waals surface area contributed by atoms with Gasteiger partial charge >= 0.3 is 14.2 Å². The minimum Gasteiger partial charge on any atom is -0.406 e. The molecule has 1 heterocycles. The van der Waals surface area contributed by atoms with Gasteiger partial charge in [-0.25, -0.2) is 0 Å². The van der Waals surface area contributed by atoms with Crippen LogP contribution < -0.4 is 0 Å². The second kappa shape index (κ2) is 8.18. The molecule has 6 heteroatoms. The molecule has 0 aromatic rings. The lowest BCUT2D eigenvalue weighted by molar-refractivity contribution is -0.0656. The number of hydrogen-bond acceptors (Lipinski definition) is 4. The first-order valence-corrected chi connectivity index (χ1v) is 9.42. The van der Waals surface area contributed by atoms with Crippen molar-refractivity contribution in [1.82, 2.24) is 0 Å². The monoisotopic (exact) mass is 308 g/mol. The second-order valence-corrected chi connectivity index (χ2v) is 6.94. The summed E-state index contributed by atoms with van der Waals surface area (Å²) in [7, 11) is -0.219. The van der Waals surface area contributed by atoms with E-state index in [9.17, 15) is 0 Å². The van der Waals surface area contributed by atoms with Crippen LogP contribution in [0.3, 0.4) is 0 Å². The minimum atomic E-state index is -0.110. The van der Waals surface area contributed by atoms with E-state index in [0.717, 1.165) is 38.3 Å². The van der Waals surface area contributed by atoms with Crippen molar-refractivity contribution in [3.63, 3.8) is 0 Å². The fourth-order valence-electron chi connectivity index (χ4n) is 3.98. The lowest BCUT2D eigenvalue weighted by Crippen LogP contribution is -2.50. The maximum absolute atomic E-state index is 6.32. The molecule has 0 bridgehead atoms. The van der Waals surface area contributed by atoms with Gasteiger partial charge in [0, 0.05) is 0 Å². The van der Waals surface area contributed by atoms with Crippen molar-refractivity contribution in [1.29, 1.82) is 0 Å². The highest BCUT2D eigenvalue weighted by atomic mass is 16.7. The van der Waals surface area contributed by atoms with Crippen LogP contribution in [-0.4, -0.2) is 38.7 Å². The summed E-state index contributed by atoms with van der Waals surface area (Å²) < 4.78 is 25.3. The van der Waals surface area contributed by atoms with Gasteiger partial charge in [-0.1, -0.05) is 39.5 Å². The third-order valence-electron chi connectivity index (χ3n) is 5.26. The number of rotatable bonds is 2. The Morgan fingerprint density at radius 3 is 1.09 bits per heavy atom. The summed E-state index contributed by atoms with van der Waals surface area (Å²) >= 11 is 0. The van der Waals surface area contributed by atoms with Crippen molar-refractivity contribution in [2.24, 2.45) is 0 Å². The van der Waals surface area contributed by atoms with Gasteiger partial charge in [-0.3, -0.25) is 0 Å². The lowest BCUT2D eigenvalue weighted by atomic mass is 9.78. The molecular formula is C16H30B2O4. The molecule has 22 heavy (non-hydrogen) atoms. The number of hydrogen-bond donors (Lipinski definition) is 0. The van der Waals surface area contributed by atoms with Gasteiger partial charge in [0.05, 0.1) is 24.4 Å². The average molecular weight is 308 g/mol. The topological polar surface area (TPSA) is 36.9 Å². The van der Waals surface area contributed by atoms with E-state index in [1.807, 2.05) is 0 Å². The van der Waals surface area contributed by atoms with Crippen LogP contribution in [0.1, 0.15) is 65.2 Å². The molecule has 1 aliphatic heterocycles. The first-order valence-electron chi connectivity index (χ1n) is 9.42. The maximum Gasteiger partial charge on any atom is 0.457 e. The Morgan fingerprint density at radius 2 is 0.864 bits per heavy atom. The molecule has 1 saturated heterocycles. The Labute approximate surface area is 135 Å². The molecule has 4 nitrogen and oxygen atoms in total. The molecule has 0 spiro atoms. The molecule has 124 valence electrons. The van der Waals surface area contributed by atoms with Gasteiger partial charge in [0.25, 0.3) is 0 Å². The molecule has 0 aromatic carbocycles. The van der Waals surface area contributed by atoms with E-state index in [4.69, 9.17) is 18.6 Å². The highest BCUT2D eigenvalue weighted by Crippen LogP contribution is 2.31. The van der Waals surface area contributed by atoms with E-state index in [2.05, 4.69) is 13.8 Å². The zero-order valence-corrected chi connectivity index (χ0v) is 14.2. The quantitative estimate of drug-likeness (QED) is 0.729. The van der Waals surface area contributed by atoms with Crippen molar-refractivity contribution in [2.75, 3.05) is 0 Å². The summed E-state index contributed by atoms with van der Waals surface area (Å²) in [6.45, 7) is 4.28. The summed E-state index contributed by atoms with van der Waals surface area (Å²) in [5.41, 5.74) is 0. The molecular weight excluding hydrogens is 278 g/mol. The fourth-order valence-corrected chi connectivity index (χ4v) is 3.98. The van der Waals surface area contributed by atoms with E-state index in [1.54, 1.807) is 0 Å². The van der Waals surface area contributed by atoms with Crippen LogP contribution in [0.5, 0.6) is 0 Å². The van der Waals surface area contributed by atoms with Crippen LogP contribution in [0.15, 0.2) is 0 Å². The van der Waals surface area contributed by atoms with Crippen LogP contribution in [0.2, 0.25) is 12.6 Å². The van der Waals surface area contributed by atoms with Gasteiger partial charge in [0.2, 0.25) is 0 Å². The summed E-state index contributed by atoms with van der Waals surface area (Å²) in [6.07, 6.45) is 11.7. The smallest absolute Gasteiger partial charge is 0.406 e. The number of fused-ring (bicyclic) bond motifs is 2. The summed E-state index contributed by atoms with van der Waals surface area (Å²) in [5.74, 6) is 0. The van der Waals surface area contributed by atoms with Gasteiger partial charge in [-0.15, -0.1) is 0 Å². The molecule has 2 aliphatic carbocycles. The molecule has 3 aliphatic rings. The highest BCUT2D eigenvalue weighted by molar-refractivity contribution is 6.45. The second-order valence-electron chi connectivity index (χ2n) is 6.94. The Balaban J connectivity index is 1.75. The van der Waals surface area contributed by atoms with Crippen molar-refractivity contribution >= 4 is 14.2 Å². The fraction of sp³-hybridized carbons (Fsp3) is 1.00. The van der Waals surface area contributed by atoms with E-state index in [1.165, 1.54) is 25.7 Å². The minimum absolute atomic E-state index is 0.110. The van der Waals surface area contributed by atoms with Crippen LogP contribution in [0.4, 0.5) is 0 Å². The van der Waals surface area contributed by atoms with Gasteiger partial charge in [0.15, 0.2) is 0 Å². The maximum atomic E-state index is 6.32. The van der Waals surface area contributed by atoms with Crippen LogP contribution >= 0.6 is 0 Å². The Hall–Kier alpha value is -0.0301. The average Bonchev–Trinajstić information content (AvgIpc) is 2.56. The van der Waals surface area contributed by atoms with E-state index >= 15 is 0 Å². The van der Waals surface area contributed by atoms with E-state index in [0.29, 0.717) is 0 Å². The predicted molar refractivity (Wildman–Crippen MR) is 88.9 cm³/mol. The lowest BCUT2D eigenvalue weighted by Gasteiger charge is -2.41. The SMILES string of the molecule is CCB1OC2CCCCC2OB(CC)OC2CCCCC2O1. The molecule has 4 atom stereocenters. The van der Waals surface area contributed by atoms with Gasteiger partial charge in [-0.2, -0.15) is 0 Å². The first-order chi connectivity index (χ1) is 10.8. The molecule has 0 aromatic heterocycles. The molecule has 2 saturated carbocycles. The Bertz CT molecular complexity index is 284. The van der Waals surface area contributed by atoms with Gasteiger partial charge in [-0.05, 0) is 38.3 Å². The van der Waals surface area contributed by atoms with Crippen LogP contribution in [-0.2, 0) is 18.6 Å². The molecule has 4 unspecified atom stereocenters. The first kappa shape index (κ1) is 16.8. The van der Waals surface area contributed by atoms with Crippen LogP contribution in [0, 0.1) is 0 Å². The van der Waals surface area contributed by atoms with E-state index < -0.39 is 0 Å². The normalized spacial score (nSPS) is 37.4. The zero-order valence-electron chi connectivity index (χ0n) is 14.2. The molecule has 0 amide bonds. The van der Waals surface area contributed by atoms with Crippen molar-refractivity contribution in [3.8, 4) is 0 Å². The Kier molecular flexibility index (Phi) is 6.25. The third-order valence-corrected chi connectivity index (χ3v) is 5.26. The highest BCUT2D eigenvalue weighted by Gasteiger charge is 2.40. The van der Waals surface area contributed by atoms with Gasteiger partial charge < -0.3 is 18.6 Å². The third kappa shape index (κ3) is 4.08. The summed E-state index contributed by atoms with van der Waals surface area (Å²) in [4.78, 5) is 0. The predicted octanol–water partition coefficient (Wildman–Crippen LogP) is 3.71.